The lowest BCUT2D eigenvalue weighted by molar-refractivity contribution is 0.0870. The van der Waals surface area contributed by atoms with Gasteiger partial charge in [-0.25, -0.2) is 0 Å². The lowest BCUT2D eigenvalue weighted by Crippen LogP contribution is -2.45. The normalized spacial score (nSPS) is 24.2. The van der Waals surface area contributed by atoms with Gasteiger partial charge in [0.1, 0.15) is 9.68 Å². The first-order valence-corrected chi connectivity index (χ1v) is 12.3. The van der Waals surface area contributed by atoms with Crippen molar-refractivity contribution in [3.8, 4) is 0 Å². The third-order valence-corrected chi connectivity index (χ3v) is 9.20. The molecular formula is C27H24OS2. The maximum atomic E-state index is 12.6. The molecule has 1 saturated heterocycles. The molecule has 30 heavy (non-hydrogen) atoms. The molecule has 3 aromatic rings. The average Bonchev–Trinajstić information content (AvgIpc) is 3.05. The van der Waals surface area contributed by atoms with Gasteiger partial charge in [-0.1, -0.05) is 91.0 Å². The van der Waals surface area contributed by atoms with E-state index in [0.717, 1.165) is 39.3 Å². The molecule has 0 amide bonds. The smallest absolute Gasteiger partial charge is 0.143 e. The Morgan fingerprint density at radius 1 is 0.733 bits per heavy atom. The maximum absolute atomic E-state index is 12.6. The number of aliphatic hydroxyl groups is 1. The van der Waals surface area contributed by atoms with Gasteiger partial charge in [0.05, 0.1) is 0 Å². The van der Waals surface area contributed by atoms with E-state index in [2.05, 4.69) is 72.8 Å². The first-order chi connectivity index (χ1) is 14.7. The SMILES string of the molecule is OC1(c2ccccc2)/C(=C\c2ccccc2)C(c2ccccc2)=CC12SCCCS2. The maximum Gasteiger partial charge on any atom is 0.143 e. The zero-order valence-electron chi connectivity index (χ0n) is 16.7. The molecule has 3 heteroatoms. The van der Waals surface area contributed by atoms with Crippen molar-refractivity contribution >= 4 is 35.2 Å². The molecule has 1 heterocycles. The zero-order chi connectivity index (χ0) is 20.4. The van der Waals surface area contributed by atoms with Crippen LogP contribution in [0.4, 0.5) is 0 Å². The molecule has 0 bridgehead atoms. The van der Waals surface area contributed by atoms with Gasteiger partial charge < -0.3 is 5.11 Å². The zero-order valence-corrected chi connectivity index (χ0v) is 18.3. The Kier molecular flexibility index (Phi) is 5.36. The van der Waals surface area contributed by atoms with E-state index in [0.29, 0.717) is 0 Å². The van der Waals surface area contributed by atoms with E-state index in [1.807, 2.05) is 53.9 Å². The van der Waals surface area contributed by atoms with Crippen molar-refractivity contribution in [3.63, 3.8) is 0 Å². The minimum Gasteiger partial charge on any atom is -0.378 e. The van der Waals surface area contributed by atoms with E-state index < -0.39 is 9.68 Å². The monoisotopic (exact) mass is 428 g/mol. The molecular weight excluding hydrogens is 404 g/mol. The van der Waals surface area contributed by atoms with Crippen LogP contribution in [-0.2, 0) is 5.60 Å². The van der Waals surface area contributed by atoms with E-state index >= 15 is 0 Å². The summed E-state index contributed by atoms with van der Waals surface area (Å²) in [5.41, 5.74) is 4.21. The molecule has 2 aliphatic rings. The van der Waals surface area contributed by atoms with Gasteiger partial charge in [-0.15, -0.1) is 23.5 Å². The largest absolute Gasteiger partial charge is 0.378 e. The molecule has 0 aromatic heterocycles. The Bertz CT molecular complexity index is 1070. The van der Waals surface area contributed by atoms with Crippen LogP contribution in [0.15, 0.2) is 103 Å². The van der Waals surface area contributed by atoms with Crippen LogP contribution in [0.5, 0.6) is 0 Å². The second-order valence-electron chi connectivity index (χ2n) is 7.69. The number of hydrogen-bond acceptors (Lipinski definition) is 3. The predicted octanol–water partition coefficient (Wildman–Crippen LogP) is 6.62. The molecule has 3 aromatic carbocycles. The Morgan fingerprint density at radius 2 is 1.30 bits per heavy atom. The van der Waals surface area contributed by atoms with Crippen molar-refractivity contribution in [1.29, 1.82) is 0 Å². The second-order valence-corrected chi connectivity index (χ2v) is 10.6. The summed E-state index contributed by atoms with van der Waals surface area (Å²) >= 11 is 3.77. The summed E-state index contributed by atoms with van der Waals surface area (Å²) in [6.45, 7) is 0. The van der Waals surface area contributed by atoms with Crippen LogP contribution < -0.4 is 0 Å². The van der Waals surface area contributed by atoms with Gasteiger partial charge in [0.15, 0.2) is 0 Å². The fourth-order valence-corrected chi connectivity index (χ4v) is 7.86. The summed E-state index contributed by atoms with van der Waals surface area (Å²) in [7, 11) is 0. The first kappa shape index (κ1) is 19.7. The van der Waals surface area contributed by atoms with Crippen molar-refractivity contribution < 1.29 is 5.11 Å². The highest BCUT2D eigenvalue weighted by atomic mass is 32.2. The molecule has 0 radical (unpaired) electrons. The molecule has 1 unspecified atom stereocenters. The Labute approximate surface area is 186 Å². The molecule has 1 spiro atoms. The minimum atomic E-state index is -1.11. The topological polar surface area (TPSA) is 20.2 Å². The van der Waals surface area contributed by atoms with Crippen LogP contribution in [0.2, 0.25) is 0 Å². The van der Waals surface area contributed by atoms with Crippen LogP contribution in [0.3, 0.4) is 0 Å². The average molecular weight is 429 g/mol. The molecule has 1 nitrogen and oxygen atoms in total. The summed E-state index contributed by atoms with van der Waals surface area (Å²) in [5.74, 6) is 2.11. The van der Waals surface area contributed by atoms with E-state index in [4.69, 9.17) is 0 Å². The fraction of sp³-hybridized carbons (Fsp3) is 0.185. The van der Waals surface area contributed by atoms with Crippen LogP contribution in [0.1, 0.15) is 23.1 Å². The fourth-order valence-electron chi connectivity index (χ4n) is 4.39. The van der Waals surface area contributed by atoms with Crippen molar-refractivity contribution in [3.05, 3.63) is 119 Å². The predicted molar refractivity (Wildman–Crippen MR) is 131 cm³/mol. The Morgan fingerprint density at radius 3 is 1.93 bits per heavy atom. The van der Waals surface area contributed by atoms with Gasteiger partial charge in [-0.3, -0.25) is 0 Å². The third-order valence-electron chi connectivity index (χ3n) is 5.83. The van der Waals surface area contributed by atoms with Gasteiger partial charge in [-0.05, 0) is 57.9 Å². The van der Waals surface area contributed by atoms with Gasteiger partial charge in [0, 0.05) is 0 Å². The Balaban J connectivity index is 1.78. The molecule has 5 rings (SSSR count). The molecule has 150 valence electrons. The third kappa shape index (κ3) is 3.26. The highest BCUT2D eigenvalue weighted by Gasteiger charge is 2.59. The number of benzene rings is 3. The number of thioether (sulfide) groups is 2. The van der Waals surface area contributed by atoms with Gasteiger partial charge in [-0.2, -0.15) is 0 Å². The summed E-state index contributed by atoms with van der Waals surface area (Å²) in [6, 6.07) is 31.0. The van der Waals surface area contributed by atoms with E-state index in [9.17, 15) is 5.11 Å². The minimum absolute atomic E-state index is 0.432. The quantitative estimate of drug-likeness (QED) is 0.506. The molecule has 0 saturated carbocycles. The Hall–Kier alpha value is -2.20. The highest BCUT2D eigenvalue weighted by molar-refractivity contribution is 8.19. The first-order valence-electron chi connectivity index (χ1n) is 10.3. The molecule has 1 aliphatic heterocycles. The van der Waals surface area contributed by atoms with E-state index in [1.54, 1.807) is 0 Å². The van der Waals surface area contributed by atoms with Crippen LogP contribution in [0.25, 0.3) is 11.6 Å². The summed E-state index contributed by atoms with van der Waals surface area (Å²) in [5, 5.41) is 12.6. The second kappa shape index (κ2) is 8.14. The van der Waals surface area contributed by atoms with Crippen molar-refractivity contribution in [1.82, 2.24) is 0 Å². The van der Waals surface area contributed by atoms with Crippen LogP contribution >= 0.6 is 23.5 Å². The van der Waals surface area contributed by atoms with E-state index in [1.165, 1.54) is 6.42 Å². The van der Waals surface area contributed by atoms with Crippen molar-refractivity contribution in [2.75, 3.05) is 11.5 Å². The standard InChI is InChI=1S/C27H24OS2/c28-27(23-15-8-3-9-16-23)25(19-21-11-4-1-5-12-21)24(22-13-6-2-7-14-22)20-26(27)29-17-10-18-30-26/h1-9,11-16,19-20,28H,10,17-18H2/b25-19-. The summed E-state index contributed by atoms with van der Waals surface area (Å²) in [4.78, 5) is 0. The highest BCUT2D eigenvalue weighted by Crippen LogP contribution is 2.64. The summed E-state index contributed by atoms with van der Waals surface area (Å²) in [6.07, 6.45) is 5.68. The lowest BCUT2D eigenvalue weighted by Gasteiger charge is -2.44. The van der Waals surface area contributed by atoms with Crippen LogP contribution in [0, 0.1) is 0 Å². The van der Waals surface area contributed by atoms with Crippen molar-refractivity contribution in [2.45, 2.75) is 16.1 Å². The molecule has 1 N–H and O–H groups in total. The number of hydrogen-bond donors (Lipinski definition) is 1. The van der Waals surface area contributed by atoms with Gasteiger partial charge in [0.25, 0.3) is 0 Å². The number of rotatable bonds is 3. The van der Waals surface area contributed by atoms with Gasteiger partial charge in [0.2, 0.25) is 0 Å². The molecule has 1 fully saturated rings. The van der Waals surface area contributed by atoms with E-state index in [-0.39, 0.29) is 0 Å². The van der Waals surface area contributed by atoms with Crippen molar-refractivity contribution in [2.24, 2.45) is 0 Å². The van der Waals surface area contributed by atoms with Gasteiger partial charge >= 0.3 is 0 Å². The molecule has 1 atom stereocenters. The summed E-state index contributed by atoms with van der Waals surface area (Å²) < 4.78 is -0.432. The lowest BCUT2D eigenvalue weighted by atomic mass is 9.82. The molecule has 1 aliphatic carbocycles. The van der Waals surface area contributed by atoms with Crippen LogP contribution in [-0.4, -0.2) is 20.7 Å².